The van der Waals surface area contributed by atoms with E-state index in [9.17, 15) is 19.2 Å². The second kappa shape index (κ2) is 13.7. The van der Waals surface area contributed by atoms with Crippen molar-refractivity contribution in [1.29, 1.82) is 0 Å². The normalized spacial score (nSPS) is 18.9. The molecule has 0 bridgehead atoms. The average Bonchev–Trinajstić information content (AvgIpc) is 2.90. The summed E-state index contributed by atoms with van der Waals surface area (Å²) in [7, 11) is 0. The Kier molecular flexibility index (Phi) is 10.4. The molecule has 1 aliphatic rings. The molecule has 2 aromatic carbocycles. The Morgan fingerprint density at radius 3 is 2.18 bits per heavy atom. The molecule has 8 nitrogen and oxygen atoms in total. The topological polar surface area (TPSA) is 108 Å². The van der Waals surface area contributed by atoms with Crippen LogP contribution in [0.25, 0.3) is 0 Å². The van der Waals surface area contributed by atoms with E-state index in [1.165, 1.54) is 12.1 Å². The maximum absolute atomic E-state index is 13.1. The van der Waals surface area contributed by atoms with Crippen LogP contribution in [0, 0.1) is 17.8 Å². The minimum atomic E-state index is -0.792. The number of anilines is 1. The predicted octanol–water partition coefficient (Wildman–Crippen LogP) is 5.67. The van der Waals surface area contributed by atoms with Crippen molar-refractivity contribution in [2.45, 2.75) is 59.5 Å². The van der Waals surface area contributed by atoms with Crippen molar-refractivity contribution < 1.29 is 33.4 Å². The Morgan fingerprint density at radius 1 is 0.895 bits per heavy atom. The Hall–Kier alpha value is -3.68. The lowest BCUT2D eigenvalue weighted by Crippen LogP contribution is -2.36. The number of carbonyl (C=O) groups excluding carboxylic acids is 4. The number of ether oxygens (including phenoxy) is 3. The summed E-state index contributed by atoms with van der Waals surface area (Å²) in [5, 5.41) is 2.61. The van der Waals surface area contributed by atoms with Gasteiger partial charge in [-0.1, -0.05) is 46.2 Å². The van der Waals surface area contributed by atoms with E-state index in [1.807, 2.05) is 6.92 Å². The van der Waals surface area contributed by atoms with Crippen molar-refractivity contribution in [1.82, 2.24) is 0 Å². The van der Waals surface area contributed by atoms with Crippen LogP contribution in [0.3, 0.4) is 0 Å². The van der Waals surface area contributed by atoms with Gasteiger partial charge in [0, 0.05) is 5.69 Å². The first-order chi connectivity index (χ1) is 18.2. The van der Waals surface area contributed by atoms with Crippen molar-refractivity contribution in [2.75, 3.05) is 18.5 Å². The van der Waals surface area contributed by atoms with E-state index >= 15 is 0 Å². The third kappa shape index (κ3) is 7.91. The summed E-state index contributed by atoms with van der Waals surface area (Å²) in [5.74, 6) is -1.24. The maximum Gasteiger partial charge on any atom is 0.339 e. The van der Waals surface area contributed by atoms with Crippen LogP contribution >= 0.6 is 0 Å². The summed E-state index contributed by atoms with van der Waals surface area (Å²) in [6.07, 6.45) is 3.42. The van der Waals surface area contributed by atoms with E-state index < -0.39 is 30.4 Å². The first-order valence-corrected chi connectivity index (χ1v) is 13.2. The van der Waals surface area contributed by atoms with E-state index in [0.717, 1.165) is 25.7 Å². The number of carbonyl (C=O) groups is 4. The van der Waals surface area contributed by atoms with Gasteiger partial charge in [-0.15, -0.1) is 0 Å². The summed E-state index contributed by atoms with van der Waals surface area (Å²) in [4.78, 5) is 50.1. The van der Waals surface area contributed by atoms with Crippen LogP contribution in [0.15, 0.2) is 48.5 Å². The van der Waals surface area contributed by atoms with E-state index in [-0.39, 0.29) is 23.1 Å². The molecule has 3 rings (SSSR count). The maximum atomic E-state index is 13.1. The number of esters is 3. The number of hydrogen-bond acceptors (Lipinski definition) is 7. The van der Waals surface area contributed by atoms with Gasteiger partial charge in [0.1, 0.15) is 6.10 Å². The molecule has 1 amide bonds. The zero-order chi connectivity index (χ0) is 27.7. The quantitative estimate of drug-likeness (QED) is 0.316. The molecule has 0 spiro atoms. The molecule has 1 fully saturated rings. The van der Waals surface area contributed by atoms with Crippen molar-refractivity contribution in [2.24, 2.45) is 17.8 Å². The van der Waals surface area contributed by atoms with Gasteiger partial charge in [-0.3, -0.25) is 4.79 Å². The molecule has 0 aromatic heterocycles. The standard InChI is InChI=1S/C30H37NO7/c1-5-16-36-28(33)21-11-13-22(14-12-21)31-27(32)18-37-29(34)24-8-6-7-9-25(24)30(35)38-26-17-20(4)10-15-23(26)19(2)3/h6-9,11-14,19-20,23,26H,5,10,15-18H2,1-4H3,(H,31,32)/t20-,23-,26+/m0/s1. The second-order valence-electron chi connectivity index (χ2n) is 10.2. The summed E-state index contributed by atoms with van der Waals surface area (Å²) >= 11 is 0. The Labute approximate surface area is 224 Å². The van der Waals surface area contributed by atoms with Gasteiger partial charge in [-0.05, 0) is 73.4 Å². The third-order valence-electron chi connectivity index (χ3n) is 6.76. The van der Waals surface area contributed by atoms with E-state index in [1.54, 1.807) is 36.4 Å². The molecule has 8 heteroatoms. The Bertz CT molecular complexity index is 1130. The second-order valence-corrected chi connectivity index (χ2v) is 10.2. The molecule has 3 atom stereocenters. The van der Waals surface area contributed by atoms with E-state index in [2.05, 4.69) is 26.1 Å². The first-order valence-electron chi connectivity index (χ1n) is 13.2. The van der Waals surface area contributed by atoms with Gasteiger partial charge in [0.15, 0.2) is 6.61 Å². The molecule has 0 unspecified atom stereocenters. The van der Waals surface area contributed by atoms with Crippen molar-refractivity contribution in [3.05, 3.63) is 65.2 Å². The van der Waals surface area contributed by atoms with Gasteiger partial charge in [0.25, 0.3) is 5.91 Å². The van der Waals surface area contributed by atoms with Gasteiger partial charge in [0.05, 0.1) is 23.3 Å². The van der Waals surface area contributed by atoms with Crippen molar-refractivity contribution in [3.63, 3.8) is 0 Å². The molecule has 204 valence electrons. The molecule has 0 aliphatic heterocycles. The van der Waals surface area contributed by atoms with E-state index in [4.69, 9.17) is 14.2 Å². The van der Waals surface area contributed by atoms with Crippen LogP contribution in [0.4, 0.5) is 5.69 Å². The fraction of sp³-hybridized carbons (Fsp3) is 0.467. The van der Waals surface area contributed by atoms with Gasteiger partial charge < -0.3 is 19.5 Å². The van der Waals surface area contributed by atoms with Gasteiger partial charge >= 0.3 is 17.9 Å². The van der Waals surface area contributed by atoms with Crippen molar-refractivity contribution >= 4 is 29.5 Å². The van der Waals surface area contributed by atoms with Crippen LogP contribution in [-0.4, -0.2) is 43.1 Å². The highest BCUT2D eigenvalue weighted by molar-refractivity contribution is 6.04. The monoisotopic (exact) mass is 523 g/mol. The smallest absolute Gasteiger partial charge is 0.339 e. The average molecular weight is 524 g/mol. The molecule has 1 N–H and O–H groups in total. The van der Waals surface area contributed by atoms with Crippen LogP contribution < -0.4 is 5.32 Å². The zero-order valence-electron chi connectivity index (χ0n) is 22.5. The number of rotatable bonds is 10. The third-order valence-corrected chi connectivity index (χ3v) is 6.76. The summed E-state index contributed by atoms with van der Waals surface area (Å²) < 4.78 is 16.2. The Balaban J connectivity index is 1.58. The van der Waals surface area contributed by atoms with Crippen LogP contribution in [0.1, 0.15) is 84.5 Å². The van der Waals surface area contributed by atoms with Crippen LogP contribution in [-0.2, 0) is 19.0 Å². The Morgan fingerprint density at radius 2 is 1.55 bits per heavy atom. The SMILES string of the molecule is CCCOC(=O)c1ccc(NC(=O)COC(=O)c2ccccc2C(=O)O[C@@H]2C[C@@H](C)CC[C@H]2C(C)C)cc1. The lowest BCUT2D eigenvalue weighted by Gasteiger charge is -2.36. The lowest BCUT2D eigenvalue weighted by atomic mass is 9.75. The summed E-state index contributed by atoms with van der Waals surface area (Å²) in [5.41, 5.74) is 0.964. The lowest BCUT2D eigenvalue weighted by molar-refractivity contribution is -0.119. The van der Waals surface area contributed by atoms with Crippen LogP contribution in [0.2, 0.25) is 0 Å². The molecule has 1 saturated carbocycles. The largest absolute Gasteiger partial charge is 0.462 e. The molecule has 0 saturated heterocycles. The minimum absolute atomic E-state index is 0.0465. The van der Waals surface area contributed by atoms with Crippen molar-refractivity contribution in [3.8, 4) is 0 Å². The van der Waals surface area contributed by atoms with Crippen LogP contribution in [0.5, 0.6) is 0 Å². The molecule has 0 heterocycles. The molecule has 1 aliphatic carbocycles. The fourth-order valence-corrected chi connectivity index (χ4v) is 4.66. The predicted molar refractivity (Wildman–Crippen MR) is 143 cm³/mol. The number of nitrogens with one attached hydrogen (secondary N) is 1. The highest BCUT2D eigenvalue weighted by Gasteiger charge is 2.34. The minimum Gasteiger partial charge on any atom is -0.462 e. The molecular formula is C30H37NO7. The van der Waals surface area contributed by atoms with Gasteiger partial charge in [0.2, 0.25) is 0 Å². The highest BCUT2D eigenvalue weighted by atomic mass is 16.5. The molecule has 38 heavy (non-hydrogen) atoms. The molecular weight excluding hydrogens is 486 g/mol. The number of amides is 1. The van der Waals surface area contributed by atoms with Gasteiger partial charge in [-0.25, -0.2) is 14.4 Å². The van der Waals surface area contributed by atoms with E-state index in [0.29, 0.717) is 29.7 Å². The van der Waals surface area contributed by atoms with Gasteiger partial charge in [-0.2, -0.15) is 0 Å². The molecule has 2 aromatic rings. The number of hydrogen-bond donors (Lipinski definition) is 1. The molecule has 0 radical (unpaired) electrons. The zero-order valence-corrected chi connectivity index (χ0v) is 22.5. The summed E-state index contributed by atoms with van der Waals surface area (Å²) in [6, 6.07) is 12.5. The highest BCUT2D eigenvalue weighted by Crippen LogP contribution is 2.35. The number of benzene rings is 2. The fourth-order valence-electron chi connectivity index (χ4n) is 4.66. The summed E-state index contributed by atoms with van der Waals surface area (Å²) in [6.45, 7) is 8.12. The first kappa shape index (κ1) is 28.9.